The normalized spacial score (nSPS) is 10.8. The molecule has 0 radical (unpaired) electrons. The summed E-state index contributed by atoms with van der Waals surface area (Å²) in [5.74, 6) is 0.938. The molecule has 0 aliphatic heterocycles. The van der Waals surface area contributed by atoms with E-state index >= 15 is 0 Å². The van der Waals surface area contributed by atoms with E-state index in [0.717, 1.165) is 23.5 Å². The fourth-order valence-corrected chi connectivity index (χ4v) is 1.35. The van der Waals surface area contributed by atoms with Crippen LogP contribution in [0.5, 0.6) is 0 Å². The van der Waals surface area contributed by atoms with E-state index in [1.165, 1.54) is 0 Å². The molecule has 3 nitrogen and oxygen atoms in total. The molecule has 0 bridgehead atoms. The van der Waals surface area contributed by atoms with Crippen LogP contribution in [0.15, 0.2) is 12.1 Å². The van der Waals surface area contributed by atoms with Crippen molar-refractivity contribution in [1.29, 1.82) is 0 Å². The van der Waals surface area contributed by atoms with Crippen LogP contribution in [0.2, 0.25) is 0 Å². The summed E-state index contributed by atoms with van der Waals surface area (Å²) >= 11 is 0. The molecule has 0 atom stereocenters. The minimum atomic E-state index is 0.0778. The standard InChI is InChI=1S/C12H20N2O/c1-5-11-6-10(8-15)7-12(13-11)14(4)9(2)3/h6-7,9,15H,5,8H2,1-4H3. The Morgan fingerprint density at radius 1 is 1.40 bits per heavy atom. The number of hydrogen-bond donors (Lipinski definition) is 1. The van der Waals surface area contributed by atoms with Crippen molar-refractivity contribution in [1.82, 2.24) is 4.98 Å². The first-order valence-corrected chi connectivity index (χ1v) is 5.42. The van der Waals surface area contributed by atoms with E-state index in [-0.39, 0.29) is 6.61 Å². The van der Waals surface area contributed by atoms with E-state index in [1.54, 1.807) is 0 Å². The molecule has 3 heteroatoms. The molecule has 0 saturated heterocycles. The van der Waals surface area contributed by atoms with Gasteiger partial charge in [0, 0.05) is 18.8 Å². The average Bonchev–Trinajstić information content (AvgIpc) is 2.27. The number of aryl methyl sites for hydroxylation is 1. The molecule has 0 aromatic carbocycles. The Kier molecular flexibility index (Phi) is 4.09. The molecule has 0 amide bonds. The van der Waals surface area contributed by atoms with Gasteiger partial charge in [0.1, 0.15) is 5.82 Å². The minimum absolute atomic E-state index is 0.0778. The summed E-state index contributed by atoms with van der Waals surface area (Å²) in [5.41, 5.74) is 1.97. The van der Waals surface area contributed by atoms with Crippen molar-refractivity contribution >= 4 is 5.82 Å². The van der Waals surface area contributed by atoms with Crippen molar-refractivity contribution in [2.24, 2.45) is 0 Å². The molecule has 0 spiro atoms. The molecule has 84 valence electrons. The second kappa shape index (κ2) is 5.12. The van der Waals surface area contributed by atoms with Crippen molar-refractivity contribution in [3.63, 3.8) is 0 Å². The third kappa shape index (κ3) is 2.93. The highest BCUT2D eigenvalue weighted by atomic mass is 16.3. The van der Waals surface area contributed by atoms with Crippen LogP contribution in [0.1, 0.15) is 32.0 Å². The van der Waals surface area contributed by atoms with Gasteiger partial charge in [0.25, 0.3) is 0 Å². The van der Waals surface area contributed by atoms with Gasteiger partial charge < -0.3 is 10.0 Å². The highest BCUT2D eigenvalue weighted by Crippen LogP contribution is 2.16. The lowest BCUT2D eigenvalue weighted by Crippen LogP contribution is -2.26. The van der Waals surface area contributed by atoms with Gasteiger partial charge in [-0.15, -0.1) is 0 Å². The van der Waals surface area contributed by atoms with Crippen LogP contribution in [-0.4, -0.2) is 23.2 Å². The van der Waals surface area contributed by atoms with E-state index in [0.29, 0.717) is 6.04 Å². The van der Waals surface area contributed by atoms with Gasteiger partial charge in [-0.25, -0.2) is 4.98 Å². The van der Waals surface area contributed by atoms with Crippen LogP contribution >= 0.6 is 0 Å². The first-order valence-electron chi connectivity index (χ1n) is 5.42. The summed E-state index contributed by atoms with van der Waals surface area (Å²) in [6.45, 7) is 6.40. The Hall–Kier alpha value is -1.09. The zero-order valence-electron chi connectivity index (χ0n) is 9.99. The van der Waals surface area contributed by atoms with Crippen LogP contribution in [0.3, 0.4) is 0 Å². The maximum atomic E-state index is 9.16. The second-order valence-corrected chi connectivity index (χ2v) is 4.04. The average molecular weight is 208 g/mol. The molecule has 0 unspecified atom stereocenters. The number of rotatable bonds is 4. The molecular formula is C12H20N2O. The minimum Gasteiger partial charge on any atom is -0.392 e. The molecule has 0 saturated carbocycles. The number of hydrogen-bond acceptors (Lipinski definition) is 3. The predicted octanol–water partition coefficient (Wildman–Crippen LogP) is 1.98. The topological polar surface area (TPSA) is 36.4 Å². The van der Waals surface area contributed by atoms with Crippen LogP contribution in [0, 0.1) is 0 Å². The zero-order valence-corrected chi connectivity index (χ0v) is 9.99. The molecule has 0 fully saturated rings. The lowest BCUT2D eigenvalue weighted by molar-refractivity contribution is 0.281. The fourth-order valence-electron chi connectivity index (χ4n) is 1.35. The van der Waals surface area contributed by atoms with Gasteiger partial charge in [-0.05, 0) is 38.0 Å². The molecule has 1 N–H and O–H groups in total. The number of anilines is 1. The summed E-state index contributed by atoms with van der Waals surface area (Å²) < 4.78 is 0. The first kappa shape index (κ1) is 12.0. The zero-order chi connectivity index (χ0) is 11.4. The summed E-state index contributed by atoms with van der Waals surface area (Å²) in [4.78, 5) is 6.65. The third-order valence-corrected chi connectivity index (χ3v) is 2.61. The predicted molar refractivity (Wildman–Crippen MR) is 63.1 cm³/mol. The third-order valence-electron chi connectivity index (χ3n) is 2.61. The maximum Gasteiger partial charge on any atom is 0.129 e. The van der Waals surface area contributed by atoms with Gasteiger partial charge in [0.2, 0.25) is 0 Å². The molecule has 15 heavy (non-hydrogen) atoms. The Bertz CT molecular complexity index is 301. The second-order valence-electron chi connectivity index (χ2n) is 4.04. The summed E-state index contributed by atoms with van der Waals surface area (Å²) in [7, 11) is 2.02. The molecule has 1 aromatic heterocycles. The Balaban J connectivity index is 3.06. The number of aliphatic hydroxyl groups is 1. The van der Waals surface area contributed by atoms with Crippen LogP contribution in [0.25, 0.3) is 0 Å². The smallest absolute Gasteiger partial charge is 0.129 e. The molecule has 1 rings (SSSR count). The van der Waals surface area contributed by atoms with Crippen molar-refractivity contribution in [3.05, 3.63) is 23.4 Å². The quantitative estimate of drug-likeness (QED) is 0.822. The highest BCUT2D eigenvalue weighted by Gasteiger charge is 2.08. The van der Waals surface area contributed by atoms with Gasteiger partial charge in [-0.2, -0.15) is 0 Å². The lowest BCUT2D eigenvalue weighted by atomic mass is 10.2. The van der Waals surface area contributed by atoms with E-state index in [9.17, 15) is 0 Å². The van der Waals surface area contributed by atoms with Gasteiger partial charge in [0.15, 0.2) is 0 Å². The Morgan fingerprint density at radius 3 is 2.53 bits per heavy atom. The van der Waals surface area contributed by atoms with Crippen molar-refractivity contribution in [2.45, 2.75) is 39.8 Å². The molecule has 1 aromatic rings. The summed E-state index contributed by atoms with van der Waals surface area (Å²) in [6, 6.07) is 4.31. The number of aromatic nitrogens is 1. The fraction of sp³-hybridized carbons (Fsp3) is 0.583. The van der Waals surface area contributed by atoms with Crippen LogP contribution in [-0.2, 0) is 13.0 Å². The molecular weight excluding hydrogens is 188 g/mol. The van der Waals surface area contributed by atoms with Gasteiger partial charge in [-0.1, -0.05) is 6.92 Å². The van der Waals surface area contributed by atoms with Crippen molar-refractivity contribution < 1.29 is 5.11 Å². The SMILES string of the molecule is CCc1cc(CO)cc(N(C)C(C)C)n1. The Morgan fingerprint density at radius 2 is 2.07 bits per heavy atom. The van der Waals surface area contributed by atoms with E-state index in [1.807, 2.05) is 19.2 Å². The van der Waals surface area contributed by atoms with Crippen molar-refractivity contribution in [3.8, 4) is 0 Å². The largest absolute Gasteiger partial charge is 0.392 e. The summed E-state index contributed by atoms with van der Waals surface area (Å²) in [5, 5.41) is 9.16. The van der Waals surface area contributed by atoms with E-state index < -0.39 is 0 Å². The van der Waals surface area contributed by atoms with Gasteiger partial charge >= 0.3 is 0 Å². The van der Waals surface area contributed by atoms with E-state index in [4.69, 9.17) is 5.11 Å². The van der Waals surface area contributed by atoms with Crippen LogP contribution < -0.4 is 4.90 Å². The van der Waals surface area contributed by atoms with Gasteiger partial charge in [-0.3, -0.25) is 0 Å². The summed E-state index contributed by atoms with van der Waals surface area (Å²) in [6.07, 6.45) is 0.896. The highest BCUT2D eigenvalue weighted by molar-refractivity contribution is 5.42. The number of nitrogens with zero attached hydrogens (tertiary/aromatic N) is 2. The molecule has 0 aliphatic rings. The van der Waals surface area contributed by atoms with E-state index in [2.05, 4.69) is 30.7 Å². The monoisotopic (exact) mass is 208 g/mol. The molecule has 1 heterocycles. The van der Waals surface area contributed by atoms with Gasteiger partial charge in [0.05, 0.1) is 6.61 Å². The van der Waals surface area contributed by atoms with Crippen molar-refractivity contribution in [2.75, 3.05) is 11.9 Å². The number of aliphatic hydroxyl groups excluding tert-OH is 1. The maximum absolute atomic E-state index is 9.16. The lowest BCUT2D eigenvalue weighted by Gasteiger charge is -2.23. The molecule has 0 aliphatic carbocycles. The Labute approximate surface area is 91.8 Å². The first-order chi connectivity index (χ1) is 7.08. The van der Waals surface area contributed by atoms with Crippen LogP contribution in [0.4, 0.5) is 5.82 Å². The number of pyridine rings is 1.